The van der Waals surface area contributed by atoms with Gasteiger partial charge in [-0.05, 0) is 534 Å². The smallest absolute Gasteiger partial charge is 0.00106 e. The van der Waals surface area contributed by atoms with E-state index in [9.17, 15) is 0 Å². The highest BCUT2D eigenvalue weighted by Crippen LogP contribution is 2.49. The number of rotatable bonds is 0. The van der Waals surface area contributed by atoms with Gasteiger partial charge in [0, 0.05) is 0 Å². The van der Waals surface area contributed by atoms with E-state index in [1.54, 1.807) is 0 Å². The van der Waals surface area contributed by atoms with Crippen LogP contribution >= 0.6 is 0 Å². The van der Waals surface area contributed by atoms with Crippen molar-refractivity contribution >= 4 is 0 Å². The molecular weight excluding hydrogens is 1430 g/mol. The van der Waals surface area contributed by atoms with Crippen LogP contribution in [0.15, 0.2) is 170 Å². The fraction of sp³-hybridized carbons (Fsp3) is 0.294. The summed E-state index contributed by atoms with van der Waals surface area (Å²) in [5.41, 5.74) is 81.5. The summed E-state index contributed by atoms with van der Waals surface area (Å²) in [5.74, 6) is 0. The molecule has 0 aromatic heterocycles. The van der Waals surface area contributed by atoms with E-state index in [-0.39, 0.29) is 0 Å². The van der Waals surface area contributed by atoms with Crippen LogP contribution in [0.4, 0.5) is 0 Å². The Morgan fingerprint density at radius 2 is 0.471 bits per heavy atom. The molecular formula is C119H126. The van der Waals surface area contributed by atoms with Crippen molar-refractivity contribution in [2.75, 3.05) is 0 Å². The minimum absolute atomic E-state index is 1.10. The molecule has 7 aliphatic carbocycles. The molecule has 0 heteroatoms. The van der Waals surface area contributed by atoms with Crippen molar-refractivity contribution in [2.24, 2.45) is 0 Å². The van der Waals surface area contributed by atoms with Crippen molar-refractivity contribution in [3.63, 3.8) is 0 Å². The molecule has 0 spiro atoms. The van der Waals surface area contributed by atoms with Crippen molar-refractivity contribution in [3.05, 3.63) is 404 Å². The highest BCUT2D eigenvalue weighted by atomic mass is 14.3. The summed E-state index contributed by atoms with van der Waals surface area (Å²) in [7, 11) is 0. The van der Waals surface area contributed by atoms with Gasteiger partial charge in [-0.25, -0.2) is 0 Å². The van der Waals surface area contributed by atoms with Crippen molar-refractivity contribution in [2.45, 2.75) is 239 Å². The summed E-state index contributed by atoms with van der Waals surface area (Å²) in [6.07, 6.45) is 7.75. The summed E-state index contributed by atoms with van der Waals surface area (Å²) < 4.78 is 0. The Kier molecular flexibility index (Phi) is 22.8. The number of fused-ring (bicyclic) bond motifs is 21. The zero-order chi connectivity index (χ0) is 85.1. The minimum Gasteiger partial charge on any atom is -0.0617 e. The lowest BCUT2D eigenvalue weighted by Gasteiger charge is -2.13. The summed E-state index contributed by atoms with van der Waals surface area (Å²) >= 11 is 0. The van der Waals surface area contributed by atoms with E-state index in [4.69, 9.17) is 0 Å². The van der Waals surface area contributed by atoms with Gasteiger partial charge in [0.05, 0.1) is 0 Å². The molecule has 0 bridgehead atoms. The number of benzene rings is 14. The second-order valence-electron chi connectivity index (χ2n) is 37.2. The predicted molar refractivity (Wildman–Crippen MR) is 515 cm³/mol. The normalized spacial score (nSPS) is 12.5. The monoisotopic (exact) mass is 1550 g/mol. The van der Waals surface area contributed by atoms with Crippen LogP contribution in [-0.2, 0) is 44.9 Å². The van der Waals surface area contributed by atoms with Crippen LogP contribution in [0.3, 0.4) is 0 Å². The van der Waals surface area contributed by atoms with Crippen molar-refractivity contribution in [3.8, 4) is 77.9 Å². The van der Waals surface area contributed by atoms with E-state index >= 15 is 0 Å². The summed E-state index contributed by atoms with van der Waals surface area (Å²) in [6, 6.07) is 64.4. The highest BCUT2D eigenvalue weighted by molar-refractivity contribution is 5.88. The van der Waals surface area contributed by atoms with Gasteiger partial charge in [-0.3, -0.25) is 0 Å². The molecule has 0 nitrogen and oxygen atoms in total. The molecule has 0 unspecified atom stereocenters. The first-order valence-corrected chi connectivity index (χ1v) is 43.9. The van der Waals surface area contributed by atoms with Crippen molar-refractivity contribution < 1.29 is 0 Å². The number of hydrogen-bond donors (Lipinski definition) is 0. The lowest BCUT2D eigenvalue weighted by atomic mass is 9.92. The van der Waals surface area contributed by atoms with Gasteiger partial charge < -0.3 is 0 Å². The number of aryl methyl sites for hydroxylation is 19. The molecule has 0 fully saturated rings. The van der Waals surface area contributed by atoms with Crippen LogP contribution in [0.1, 0.15) is 234 Å². The van der Waals surface area contributed by atoms with Gasteiger partial charge >= 0.3 is 0 Å². The Labute approximate surface area is 715 Å². The maximum atomic E-state index is 2.37. The lowest BCUT2D eigenvalue weighted by Crippen LogP contribution is -1.93. The fourth-order valence-electron chi connectivity index (χ4n) is 20.9. The van der Waals surface area contributed by atoms with E-state index in [1.807, 2.05) is 0 Å². The molecule has 0 N–H and O–H groups in total. The zero-order valence-corrected chi connectivity index (χ0v) is 77.1. The first-order chi connectivity index (χ1) is 56.5. The Hall–Kier alpha value is -10.9. The van der Waals surface area contributed by atoms with Gasteiger partial charge in [-0.1, -0.05) is 187 Å². The molecule has 0 saturated carbocycles. The topological polar surface area (TPSA) is 0 Å². The average Bonchev–Trinajstić information content (AvgIpc) is 1.65. The summed E-state index contributed by atoms with van der Waals surface area (Å²) in [6.45, 7) is 62.2. The van der Waals surface area contributed by atoms with Crippen LogP contribution in [0.25, 0.3) is 77.9 Å². The van der Waals surface area contributed by atoms with E-state index in [0.717, 1.165) is 44.9 Å². The second-order valence-corrected chi connectivity index (χ2v) is 37.2. The van der Waals surface area contributed by atoms with Gasteiger partial charge in [0.2, 0.25) is 0 Å². The van der Waals surface area contributed by atoms with Gasteiger partial charge in [0.1, 0.15) is 0 Å². The molecule has 119 heavy (non-hydrogen) atoms. The maximum absolute atomic E-state index is 2.37. The van der Waals surface area contributed by atoms with Crippen LogP contribution in [-0.4, -0.2) is 0 Å². The molecule has 21 rings (SSSR count). The third-order valence-corrected chi connectivity index (χ3v) is 29.1. The van der Waals surface area contributed by atoms with Crippen LogP contribution < -0.4 is 0 Å². The third-order valence-electron chi connectivity index (χ3n) is 29.1. The fourth-order valence-corrected chi connectivity index (χ4v) is 20.9. The van der Waals surface area contributed by atoms with Crippen molar-refractivity contribution in [1.29, 1.82) is 0 Å². The SMILES string of the molecule is Cc1cc(C)c2c(c1)Cc1cc(C)c(C)cc1-2.Cc1cc2c(c(C)c1C)-c1c(C)cccc1C2.Cc1cc2c(c(C)c1C)-c1cccc(C)c1C2.Cc1cc2c(cc1C)-c1c(C)ccc(C)c1C2.Cc1cc2c(cc1C)-c1c(ccc(C)c1C)C2.Cc1ccc2c(c1)-c1c(cc(C)c(C)c1C)C2.Cc1ccc2c(c1)Cc1cc(C)c(C)c(C)c1-2. The Morgan fingerprint density at radius 1 is 0.134 bits per heavy atom. The van der Waals surface area contributed by atoms with Crippen LogP contribution in [0.5, 0.6) is 0 Å². The minimum atomic E-state index is 1.10. The Morgan fingerprint density at radius 3 is 1.05 bits per heavy atom. The lowest BCUT2D eigenvalue weighted by molar-refractivity contribution is 1.19. The van der Waals surface area contributed by atoms with E-state index in [2.05, 4.69) is 364 Å². The largest absolute Gasteiger partial charge is 0.0617 e. The van der Waals surface area contributed by atoms with E-state index < -0.39 is 0 Å². The molecule has 602 valence electrons. The maximum Gasteiger partial charge on any atom is -0.00106 e. The molecule has 0 atom stereocenters. The Balaban J connectivity index is 0.000000108. The summed E-state index contributed by atoms with van der Waals surface area (Å²) in [5, 5.41) is 0. The van der Waals surface area contributed by atoms with Crippen molar-refractivity contribution in [1.82, 2.24) is 0 Å². The molecule has 7 aliphatic rings. The first-order valence-electron chi connectivity index (χ1n) is 43.9. The molecule has 0 heterocycles. The van der Waals surface area contributed by atoms with Gasteiger partial charge in [0.25, 0.3) is 0 Å². The van der Waals surface area contributed by atoms with Gasteiger partial charge in [-0.2, -0.15) is 0 Å². The average molecular weight is 1560 g/mol. The Bertz CT molecular complexity index is 6520. The highest BCUT2D eigenvalue weighted by Gasteiger charge is 2.30. The second kappa shape index (κ2) is 32.7. The third kappa shape index (κ3) is 15.4. The van der Waals surface area contributed by atoms with E-state index in [1.165, 1.54) is 312 Å². The zero-order valence-electron chi connectivity index (χ0n) is 77.1. The number of hydrogen-bond acceptors (Lipinski definition) is 0. The molecule has 0 radical (unpaired) electrons. The van der Waals surface area contributed by atoms with Crippen LogP contribution in [0, 0.1) is 194 Å². The molecule has 0 amide bonds. The standard InChI is InChI=1S/7C17H18/c1-10-5-13(4)17-15(6-10)9-14-7-11(2)12(3)8-16(14)17;1-10-5-6-14-9-15-7-11(2)12(3)8-16(15)17(14)13(10)4;1-10-5-6-11(2)17-15(10)9-14-7-12(3)13(4)8-16(14)17;1-10-5-6-16-14(7-10)9-15-8-11(2)12(3)13(4)17(15)16;1-10-5-6-14-9-15-8-11(2)12(3)13(4)17(15)16(14)7-10;1-10-6-5-7-15-16(10)9-14-8-11(2)12(3)13(4)17(14)15;1-10-6-5-7-14-9-15-8-11(2)12(3)13(4)17(15)16(10)14/h7*5-8H,9H2,1-4H3. The molecule has 0 saturated heterocycles. The quantitative estimate of drug-likeness (QED) is 0.142. The molecule has 14 aromatic rings. The summed E-state index contributed by atoms with van der Waals surface area (Å²) in [4.78, 5) is 0. The molecule has 14 aromatic carbocycles. The van der Waals surface area contributed by atoms with Gasteiger partial charge in [-0.15, -0.1) is 0 Å². The predicted octanol–water partition coefficient (Wildman–Crippen LogP) is 31.4. The van der Waals surface area contributed by atoms with Crippen LogP contribution in [0.2, 0.25) is 0 Å². The molecule has 0 aliphatic heterocycles. The van der Waals surface area contributed by atoms with E-state index in [0.29, 0.717) is 0 Å². The van der Waals surface area contributed by atoms with Gasteiger partial charge in [0.15, 0.2) is 0 Å². The first kappa shape index (κ1) is 83.2.